The fraction of sp³-hybridized carbons (Fsp3) is 0.562. The van der Waals surface area contributed by atoms with Crippen molar-refractivity contribution in [1.82, 2.24) is 0 Å². The predicted molar refractivity (Wildman–Crippen MR) is 78.1 cm³/mol. The van der Waals surface area contributed by atoms with Crippen molar-refractivity contribution in [3.8, 4) is 17.2 Å². The van der Waals surface area contributed by atoms with Crippen LogP contribution in [0, 0.1) is 0 Å². The van der Waals surface area contributed by atoms with E-state index in [9.17, 15) is 9.90 Å². The Hall–Kier alpha value is -1.03. The summed E-state index contributed by atoms with van der Waals surface area (Å²) in [5, 5.41) is 11.2. The molecule has 0 saturated heterocycles. The normalized spacial score (nSPS) is 9.77. The van der Waals surface area contributed by atoms with E-state index in [2.05, 4.69) is 0 Å². The molecule has 0 saturated carbocycles. The smallest absolute Gasteiger partial charge is 0.204 e. The van der Waals surface area contributed by atoms with Crippen molar-refractivity contribution in [2.45, 2.75) is 40.0 Å². The molecule has 0 aliphatic carbocycles. The number of carboxylic acid groups (broad SMARTS) is 1. The van der Waals surface area contributed by atoms with E-state index in [4.69, 9.17) is 14.2 Å². The number of carboxylic acids is 1. The molecule has 22 heavy (non-hydrogen) atoms. The molecule has 1 aromatic carbocycles. The molecule has 0 aliphatic heterocycles. The first kappa shape index (κ1) is 21.0. The molecule has 0 amide bonds. The van der Waals surface area contributed by atoms with Crippen molar-refractivity contribution in [3.05, 3.63) is 17.7 Å². The number of rotatable bonds is 10. The van der Waals surface area contributed by atoms with Crippen molar-refractivity contribution in [2.75, 3.05) is 19.8 Å². The van der Waals surface area contributed by atoms with Crippen molar-refractivity contribution >= 4 is 5.97 Å². The summed E-state index contributed by atoms with van der Waals surface area (Å²) >= 11 is 0. The topological polar surface area (TPSA) is 67.8 Å². The van der Waals surface area contributed by atoms with E-state index in [1.165, 1.54) is 6.07 Å². The third kappa shape index (κ3) is 6.00. The SMILES string of the molecule is CCCOc1ccc(C(=O)[O-])c(OCCC)c1OCCC.[Zr]. The van der Waals surface area contributed by atoms with E-state index in [-0.39, 0.29) is 37.5 Å². The third-order valence-corrected chi connectivity index (χ3v) is 2.66. The summed E-state index contributed by atoms with van der Waals surface area (Å²) in [6.07, 6.45) is 2.41. The molecule has 122 valence electrons. The summed E-state index contributed by atoms with van der Waals surface area (Å²) in [5.41, 5.74) is -0.0154. The Kier molecular flexibility index (Phi) is 11.0. The minimum Gasteiger partial charge on any atom is -0.545 e. The van der Waals surface area contributed by atoms with Gasteiger partial charge in [-0.1, -0.05) is 20.8 Å². The van der Waals surface area contributed by atoms with Crippen LogP contribution in [-0.4, -0.2) is 25.8 Å². The first-order chi connectivity index (χ1) is 10.2. The van der Waals surface area contributed by atoms with Crippen LogP contribution in [0.15, 0.2) is 12.1 Å². The first-order valence-corrected chi connectivity index (χ1v) is 7.42. The van der Waals surface area contributed by atoms with Crippen LogP contribution in [0.25, 0.3) is 0 Å². The van der Waals surface area contributed by atoms with Gasteiger partial charge in [0.15, 0.2) is 11.5 Å². The molecule has 0 spiro atoms. The standard InChI is InChI=1S/C16H24O5.Zr/c1-4-9-19-13-8-7-12(16(17)18)14(20-10-5-2)15(13)21-11-6-3;/h7-8H,4-6,9-11H2,1-3H3,(H,17,18);/p-1. The number of hydrogen-bond acceptors (Lipinski definition) is 5. The molecular formula is C16H23O5Zr-. The number of carbonyl (C=O) groups is 1. The van der Waals surface area contributed by atoms with Crippen LogP contribution in [0.4, 0.5) is 0 Å². The zero-order valence-corrected chi connectivity index (χ0v) is 15.9. The van der Waals surface area contributed by atoms with Gasteiger partial charge in [0.2, 0.25) is 5.75 Å². The Morgan fingerprint density at radius 1 is 0.909 bits per heavy atom. The maximum absolute atomic E-state index is 11.2. The minimum atomic E-state index is -1.29. The van der Waals surface area contributed by atoms with Crippen LogP contribution < -0.4 is 19.3 Å². The average Bonchev–Trinajstić information content (AvgIpc) is 2.48. The minimum absolute atomic E-state index is 0. The van der Waals surface area contributed by atoms with Gasteiger partial charge in [0.1, 0.15) is 0 Å². The average molecular weight is 387 g/mol. The molecule has 0 fully saturated rings. The van der Waals surface area contributed by atoms with Gasteiger partial charge >= 0.3 is 0 Å². The van der Waals surface area contributed by atoms with Crippen molar-refractivity contribution in [2.24, 2.45) is 0 Å². The van der Waals surface area contributed by atoms with E-state index < -0.39 is 5.97 Å². The van der Waals surface area contributed by atoms with Crippen LogP contribution in [0.2, 0.25) is 0 Å². The largest absolute Gasteiger partial charge is 0.545 e. The Morgan fingerprint density at radius 3 is 1.91 bits per heavy atom. The van der Waals surface area contributed by atoms with E-state index >= 15 is 0 Å². The molecular weight excluding hydrogens is 363 g/mol. The Bertz CT molecular complexity index is 462. The summed E-state index contributed by atoms with van der Waals surface area (Å²) in [6.45, 7) is 7.31. The summed E-state index contributed by atoms with van der Waals surface area (Å²) in [6, 6.07) is 3.02. The van der Waals surface area contributed by atoms with Crippen LogP contribution in [0.5, 0.6) is 17.2 Å². The monoisotopic (exact) mass is 385 g/mol. The van der Waals surface area contributed by atoms with Gasteiger partial charge in [-0.2, -0.15) is 0 Å². The Labute approximate surface area is 151 Å². The molecule has 0 atom stereocenters. The molecule has 5 nitrogen and oxygen atoms in total. The van der Waals surface area contributed by atoms with Gasteiger partial charge in [-0.15, -0.1) is 0 Å². The quantitative estimate of drug-likeness (QED) is 0.618. The number of ether oxygens (including phenoxy) is 3. The van der Waals surface area contributed by atoms with Crippen LogP contribution in [-0.2, 0) is 26.2 Å². The summed E-state index contributed by atoms with van der Waals surface area (Å²) in [5.74, 6) is -0.245. The van der Waals surface area contributed by atoms with Crippen LogP contribution >= 0.6 is 0 Å². The molecule has 0 bridgehead atoms. The van der Waals surface area contributed by atoms with Gasteiger partial charge in [-0.05, 0) is 31.4 Å². The second kappa shape index (κ2) is 11.5. The van der Waals surface area contributed by atoms with Crippen LogP contribution in [0.3, 0.4) is 0 Å². The number of hydrogen-bond donors (Lipinski definition) is 0. The Morgan fingerprint density at radius 2 is 1.41 bits per heavy atom. The third-order valence-electron chi connectivity index (χ3n) is 2.66. The maximum atomic E-state index is 11.2. The molecule has 0 aromatic heterocycles. The van der Waals surface area contributed by atoms with Gasteiger partial charge in [-0.3, -0.25) is 0 Å². The summed E-state index contributed by atoms with van der Waals surface area (Å²) < 4.78 is 16.9. The number of carbonyl (C=O) groups excluding carboxylic acids is 1. The molecule has 0 aliphatic rings. The number of aromatic carboxylic acids is 1. The van der Waals surface area contributed by atoms with E-state index in [1.54, 1.807) is 6.07 Å². The van der Waals surface area contributed by atoms with Crippen molar-refractivity contribution < 1.29 is 50.3 Å². The fourth-order valence-corrected chi connectivity index (χ4v) is 1.72. The molecule has 0 radical (unpaired) electrons. The zero-order valence-electron chi connectivity index (χ0n) is 13.4. The van der Waals surface area contributed by atoms with E-state index in [0.29, 0.717) is 31.3 Å². The summed E-state index contributed by atoms with van der Waals surface area (Å²) in [4.78, 5) is 11.2. The molecule has 1 rings (SSSR count). The first-order valence-electron chi connectivity index (χ1n) is 7.42. The maximum Gasteiger partial charge on any atom is 0.204 e. The van der Waals surface area contributed by atoms with Gasteiger partial charge in [-0.25, -0.2) is 0 Å². The number of benzene rings is 1. The predicted octanol–water partition coefficient (Wildman–Crippen LogP) is 2.41. The van der Waals surface area contributed by atoms with Crippen molar-refractivity contribution in [3.63, 3.8) is 0 Å². The molecule has 6 heteroatoms. The van der Waals surface area contributed by atoms with Gasteiger partial charge in [0, 0.05) is 31.8 Å². The Balaban J connectivity index is 0.00000441. The van der Waals surface area contributed by atoms with Gasteiger partial charge in [0.25, 0.3) is 0 Å². The molecule has 0 heterocycles. The van der Waals surface area contributed by atoms with Crippen molar-refractivity contribution in [1.29, 1.82) is 0 Å². The van der Waals surface area contributed by atoms with Crippen LogP contribution in [0.1, 0.15) is 50.4 Å². The summed E-state index contributed by atoms with van der Waals surface area (Å²) in [7, 11) is 0. The fourth-order valence-electron chi connectivity index (χ4n) is 1.72. The molecule has 0 N–H and O–H groups in total. The second-order valence-electron chi connectivity index (χ2n) is 4.60. The van der Waals surface area contributed by atoms with Gasteiger partial charge < -0.3 is 24.1 Å². The zero-order chi connectivity index (χ0) is 15.7. The molecule has 1 aromatic rings. The second-order valence-corrected chi connectivity index (χ2v) is 4.60. The van der Waals surface area contributed by atoms with E-state index in [0.717, 1.165) is 19.3 Å². The van der Waals surface area contributed by atoms with E-state index in [1.807, 2.05) is 20.8 Å². The molecule has 0 unspecified atom stereocenters. The van der Waals surface area contributed by atoms with Gasteiger partial charge in [0.05, 0.1) is 25.8 Å².